The molecule has 0 aliphatic carbocycles. The van der Waals surface area contributed by atoms with E-state index in [1.165, 1.54) is 5.56 Å². The molecule has 0 N–H and O–H groups in total. The van der Waals surface area contributed by atoms with Crippen LogP contribution in [0.15, 0.2) is 176 Å². The molecule has 0 aliphatic heterocycles. The van der Waals surface area contributed by atoms with E-state index >= 15 is 0 Å². The lowest BCUT2D eigenvalue weighted by molar-refractivity contribution is 1.19. The number of aromatic nitrogens is 5. The third kappa shape index (κ3) is 5.03. The fourth-order valence-electron chi connectivity index (χ4n) is 7.09. The zero-order valence-electron chi connectivity index (χ0n) is 27.5. The summed E-state index contributed by atoms with van der Waals surface area (Å²) in [6.45, 7) is 0. The zero-order valence-corrected chi connectivity index (χ0v) is 27.5. The molecule has 10 rings (SSSR count). The van der Waals surface area contributed by atoms with Gasteiger partial charge in [0.15, 0.2) is 11.5 Å². The first-order chi connectivity index (χ1) is 25.3. The van der Waals surface area contributed by atoms with Crippen molar-refractivity contribution in [3.8, 4) is 56.2 Å². The second kappa shape index (κ2) is 11.9. The first kappa shape index (κ1) is 29.0. The van der Waals surface area contributed by atoms with E-state index in [2.05, 4.69) is 138 Å². The normalized spacial score (nSPS) is 11.5. The Labute approximate surface area is 294 Å². The van der Waals surface area contributed by atoms with E-state index in [-0.39, 0.29) is 0 Å². The van der Waals surface area contributed by atoms with Gasteiger partial charge >= 0.3 is 0 Å². The minimum Gasteiger partial charge on any atom is -0.284 e. The van der Waals surface area contributed by atoms with Crippen LogP contribution >= 0.6 is 0 Å². The average molecular weight is 652 g/mol. The summed E-state index contributed by atoms with van der Waals surface area (Å²) in [6.07, 6.45) is 2.03. The van der Waals surface area contributed by atoms with Gasteiger partial charge in [0.25, 0.3) is 0 Å². The minimum atomic E-state index is 0.712. The summed E-state index contributed by atoms with van der Waals surface area (Å²) >= 11 is 0. The van der Waals surface area contributed by atoms with E-state index in [1.807, 2.05) is 42.6 Å². The molecule has 0 bridgehead atoms. The Balaban J connectivity index is 1.01. The molecule has 0 aliphatic rings. The van der Waals surface area contributed by atoms with Crippen LogP contribution < -0.4 is 0 Å². The summed E-state index contributed by atoms with van der Waals surface area (Å²) in [5.41, 5.74) is 13.1. The van der Waals surface area contributed by atoms with Gasteiger partial charge in [-0.25, -0.2) is 19.9 Å². The molecular weight excluding hydrogens is 623 g/mol. The summed E-state index contributed by atoms with van der Waals surface area (Å²) in [4.78, 5) is 20.2. The van der Waals surface area contributed by atoms with Gasteiger partial charge in [0, 0.05) is 39.0 Å². The number of pyridine rings is 2. The maximum atomic E-state index is 5.17. The van der Waals surface area contributed by atoms with Crippen molar-refractivity contribution < 1.29 is 0 Å². The minimum absolute atomic E-state index is 0.712. The molecule has 4 heterocycles. The Morgan fingerprint density at radius 2 is 0.922 bits per heavy atom. The molecule has 238 valence electrons. The summed E-state index contributed by atoms with van der Waals surface area (Å²) in [7, 11) is 0. The molecule has 51 heavy (non-hydrogen) atoms. The van der Waals surface area contributed by atoms with Gasteiger partial charge in [-0.15, -0.1) is 0 Å². The fourth-order valence-corrected chi connectivity index (χ4v) is 7.09. The number of rotatable bonds is 5. The summed E-state index contributed by atoms with van der Waals surface area (Å²) < 4.78 is 2.06. The van der Waals surface area contributed by atoms with Gasteiger partial charge in [0.1, 0.15) is 11.2 Å². The molecule has 6 aromatic carbocycles. The topological polar surface area (TPSA) is 56.0 Å². The summed E-state index contributed by atoms with van der Waals surface area (Å²) in [6, 6.07) is 58.9. The molecule has 0 fully saturated rings. The van der Waals surface area contributed by atoms with Gasteiger partial charge < -0.3 is 0 Å². The Hall–Kier alpha value is -6.98. The molecule has 0 amide bonds. The van der Waals surface area contributed by atoms with Crippen molar-refractivity contribution in [3.63, 3.8) is 0 Å². The maximum Gasteiger partial charge on any atom is 0.165 e. The third-order valence-corrected chi connectivity index (χ3v) is 9.64. The number of imidazole rings is 1. The van der Waals surface area contributed by atoms with Gasteiger partial charge in [-0.2, -0.15) is 0 Å². The zero-order chi connectivity index (χ0) is 33.7. The van der Waals surface area contributed by atoms with Gasteiger partial charge in [0.05, 0.1) is 16.9 Å². The molecule has 5 heteroatoms. The smallest absolute Gasteiger partial charge is 0.165 e. The highest BCUT2D eigenvalue weighted by Gasteiger charge is 2.16. The van der Waals surface area contributed by atoms with Crippen molar-refractivity contribution >= 4 is 38.5 Å². The van der Waals surface area contributed by atoms with Crippen LogP contribution in [0.1, 0.15) is 0 Å². The second-order valence-electron chi connectivity index (χ2n) is 12.7. The average Bonchev–Trinajstić information content (AvgIpc) is 3.60. The molecule has 10 aromatic rings. The second-order valence-corrected chi connectivity index (χ2v) is 12.7. The van der Waals surface area contributed by atoms with Gasteiger partial charge in [-0.05, 0) is 46.5 Å². The van der Waals surface area contributed by atoms with E-state index in [4.69, 9.17) is 19.9 Å². The van der Waals surface area contributed by atoms with Crippen LogP contribution in [0.4, 0.5) is 0 Å². The van der Waals surface area contributed by atoms with E-state index in [0.717, 1.165) is 83.3 Å². The van der Waals surface area contributed by atoms with E-state index in [0.29, 0.717) is 5.82 Å². The van der Waals surface area contributed by atoms with Crippen LogP contribution in [0.3, 0.4) is 0 Å². The number of para-hydroxylation sites is 1. The fraction of sp³-hybridized carbons (Fsp3) is 0. The monoisotopic (exact) mass is 651 g/mol. The van der Waals surface area contributed by atoms with Gasteiger partial charge in [0.2, 0.25) is 0 Å². The summed E-state index contributed by atoms with van der Waals surface area (Å²) in [5.74, 6) is 0.712. The van der Waals surface area contributed by atoms with Crippen molar-refractivity contribution in [2.24, 2.45) is 0 Å². The molecule has 5 nitrogen and oxygen atoms in total. The molecule has 0 radical (unpaired) electrons. The third-order valence-electron chi connectivity index (χ3n) is 9.64. The van der Waals surface area contributed by atoms with Crippen LogP contribution in [0.5, 0.6) is 0 Å². The highest BCUT2D eigenvalue weighted by Crippen LogP contribution is 2.35. The van der Waals surface area contributed by atoms with E-state index in [9.17, 15) is 0 Å². The largest absolute Gasteiger partial charge is 0.284 e. The number of nitrogens with zero attached hydrogens (tertiary/aromatic N) is 5. The highest BCUT2D eigenvalue weighted by molar-refractivity contribution is 6.09. The van der Waals surface area contributed by atoms with Crippen LogP contribution in [0.25, 0.3) is 94.6 Å². The van der Waals surface area contributed by atoms with Crippen LogP contribution in [0, 0.1) is 0 Å². The molecule has 0 unspecified atom stereocenters. The van der Waals surface area contributed by atoms with Crippen LogP contribution in [0.2, 0.25) is 0 Å². The quantitative estimate of drug-likeness (QED) is 0.186. The lowest BCUT2D eigenvalue weighted by Crippen LogP contribution is -1.95. The predicted octanol–water partition coefficient (Wildman–Crippen LogP) is 11.3. The Kier molecular flexibility index (Phi) is 6.74. The SMILES string of the molecule is c1ccc(-c2cccc(-c3nc(-c4ccc(-c5ccc(-c6nc7c(nc8ccccn87)c7ccccc67)cc5)cc4)c4ccccc4n3)c2)cc1. The van der Waals surface area contributed by atoms with Crippen molar-refractivity contribution in [2.45, 2.75) is 0 Å². The van der Waals surface area contributed by atoms with Crippen molar-refractivity contribution in [1.29, 1.82) is 0 Å². The lowest BCUT2D eigenvalue weighted by Gasteiger charge is -2.11. The van der Waals surface area contributed by atoms with Crippen molar-refractivity contribution in [1.82, 2.24) is 24.3 Å². The van der Waals surface area contributed by atoms with Crippen molar-refractivity contribution in [2.75, 3.05) is 0 Å². The van der Waals surface area contributed by atoms with Crippen LogP contribution in [-0.4, -0.2) is 24.3 Å². The van der Waals surface area contributed by atoms with Gasteiger partial charge in [-0.1, -0.05) is 146 Å². The molecule has 0 atom stereocenters. The van der Waals surface area contributed by atoms with Crippen LogP contribution in [-0.2, 0) is 0 Å². The lowest BCUT2D eigenvalue weighted by atomic mass is 9.98. The molecule has 0 saturated carbocycles. The van der Waals surface area contributed by atoms with E-state index < -0.39 is 0 Å². The standard InChI is InChI=1S/C46H29N5/c1-2-11-30(12-3-1)35-13-10-14-36(29-35)45-47-40-18-7-6-17-39(40)43(49-45)34-26-22-32(23-27-34)31-20-24-33(25-21-31)42-37-15-4-5-16-38(37)44-46(50-42)51-28-9-8-19-41(51)48-44/h1-29H. The molecular formula is C46H29N5. The Bertz CT molecular complexity index is 2890. The Morgan fingerprint density at radius 1 is 0.353 bits per heavy atom. The number of fused-ring (bicyclic) bond motifs is 6. The number of hydrogen-bond donors (Lipinski definition) is 0. The predicted molar refractivity (Wildman–Crippen MR) is 208 cm³/mol. The van der Waals surface area contributed by atoms with Crippen molar-refractivity contribution in [3.05, 3.63) is 176 Å². The number of benzene rings is 6. The first-order valence-corrected chi connectivity index (χ1v) is 17.1. The molecule has 0 saturated heterocycles. The van der Waals surface area contributed by atoms with E-state index in [1.54, 1.807) is 0 Å². The molecule has 4 aromatic heterocycles. The highest BCUT2D eigenvalue weighted by atomic mass is 15.1. The molecule has 0 spiro atoms. The van der Waals surface area contributed by atoms with Gasteiger partial charge in [-0.3, -0.25) is 4.40 Å². The first-order valence-electron chi connectivity index (χ1n) is 17.1. The summed E-state index contributed by atoms with van der Waals surface area (Å²) in [5, 5.41) is 3.22. The maximum absolute atomic E-state index is 5.17. The number of hydrogen-bond acceptors (Lipinski definition) is 4. The Morgan fingerprint density at radius 3 is 1.69 bits per heavy atom.